The van der Waals surface area contributed by atoms with Crippen molar-refractivity contribution in [3.05, 3.63) is 77.9 Å². The highest BCUT2D eigenvalue weighted by molar-refractivity contribution is 7.80. The second-order valence-corrected chi connectivity index (χ2v) is 9.05. The molecule has 1 aromatic heterocycles. The number of anilines is 1. The molecule has 7 heteroatoms. The third-order valence-corrected chi connectivity index (χ3v) is 6.03. The molecule has 4 rings (SSSR count). The van der Waals surface area contributed by atoms with E-state index in [1.165, 1.54) is 0 Å². The van der Waals surface area contributed by atoms with Gasteiger partial charge in [0.1, 0.15) is 10.8 Å². The molecular formula is C25H23N3O2S2. The number of fused-ring (bicyclic) bond motifs is 1. The molecule has 162 valence electrons. The smallest absolute Gasteiger partial charge is 0.257 e. The highest BCUT2D eigenvalue weighted by Crippen LogP contribution is 2.32. The normalized spacial score (nSPS) is 10.9. The molecule has 5 nitrogen and oxygen atoms in total. The lowest BCUT2D eigenvalue weighted by Gasteiger charge is -2.13. The lowest BCUT2D eigenvalue weighted by Crippen LogP contribution is -2.34. The zero-order chi connectivity index (χ0) is 22.7. The van der Waals surface area contributed by atoms with Crippen molar-refractivity contribution in [1.82, 2.24) is 10.3 Å². The van der Waals surface area contributed by atoms with Gasteiger partial charge in [-0.2, -0.15) is 0 Å². The molecule has 32 heavy (non-hydrogen) atoms. The minimum Gasteiger partial charge on any atom is -0.491 e. The van der Waals surface area contributed by atoms with Crippen LogP contribution in [0.2, 0.25) is 0 Å². The first kappa shape index (κ1) is 21.9. The molecule has 0 radical (unpaired) electrons. The Labute approximate surface area is 196 Å². The van der Waals surface area contributed by atoms with Gasteiger partial charge in [-0.25, -0.2) is 4.98 Å². The molecule has 2 N–H and O–H groups in total. The molecule has 3 aromatic carbocycles. The van der Waals surface area contributed by atoms with Crippen LogP contribution in [0.25, 0.3) is 20.8 Å². The fraction of sp³-hybridized carbons (Fsp3) is 0.160. The van der Waals surface area contributed by atoms with E-state index in [1.807, 2.05) is 57.2 Å². The standard InChI is InChI=1S/C25H23N3O2S2/c1-15(2)30-19-12-10-17(11-13-19)23(29)28-25(31)27-21-14-18(9-8-16(21)3)24-26-20-6-4-5-7-22(20)32-24/h4-15H,1-3H3,(H2,27,28,29,31). The summed E-state index contributed by atoms with van der Waals surface area (Å²) in [5, 5.41) is 7.06. The maximum Gasteiger partial charge on any atom is 0.257 e. The van der Waals surface area contributed by atoms with Crippen LogP contribution in [0.1, 0.15) is 29.8 Å². The van der Waals surface area contributed by atoms with Crippen LogP contribution in [0.5, 0.6) is 5.75 Å². The average molecular weight is 462 g/mol. The summed E-state index contributed by atoms with van der Waals surface area (Å²) in [4.78, 5) is 17.3. The van der Waals surface area contributed by atoms with E-state index < -0.39 is 0 Å². The summed E-state index contributed by atoms with van der Waals surface area (Å²) in [7, 11) is 0. The van der Waals surface area contributed by atoms with E-state index in [0.717, 1.165) is 37.8 Å². The summed E-state index contributed by atoms with van der Waals surface area (Å²) in [5.41, 5.74) is 4.32. The Morgan fingerprint density at radius 1 is 1.06 bits per heavy atom. The predicted molar refractivity (Wildman–Crippen MR) is 136 cm³/mol. The zero-order valence-electron chi connectivity index (χ0n) is 18.0. The molecule has 0 aliphatic heterocycles. The quantitative estimate of drug-likeness (QED) is 0.347. The van der Waals surface area contributed by atoms with Crippen LogP contribution in [-0.4, -0.2) is 22.1 Å². The first-order valence-electron chi connectivity index (χ1n) is 10.2. The van der Waals surface area contributed by atoms with Crippen molar-refractivity contribution in [3.8, 4) is 16.3 Å². The van der Waals surface area contributed by atoms with Gasteiger partial charge in [-0.1, -0.05) is 24.3 Å². The highest BCUT2D eigenvalue weighted by atomic mass is 32.1. The van der Waals surface area contributed by atoms with Gasteiger partial charge in [0.2, 0.25) is 0 Å². The Balaban J connectivity index is 1.45. The number of aryl methyl sites for hydroxylation is 1. The van der Waals surface area contributed by atoms with Crippen molar-refractivity contribution in [2.45, 2.75) is 26.9 Å². The second kappa shape index (κ2) is 9.46. The topological polar surface area (TPSA) is 63.2 Å². The Kier molecular flexibility index (Phi) is 6.48. The average Bonchev–Trinajstić information content (AvgIpc) is 3.19. The van der Waals surface area contributed by atoms with Crippen molar-refractivity contribution in [3.63, 3.8) is 0 Å². The van der Waals surface area contributed by atoms with Gasteiger partial charge >= 0.3 is 0 Å². The molecule has 0 fully saturated rings. The Morgan fingerprint density at radius 3 is 2.53 bits per heavy atom. The lowest BCUT2D eigenvalue weighted by atomic mass is 10.1. The minimum atomic E-state index is -0.279. The third kappa shape index (κ3) is 5.12. The van der Waals surface area contributed by atoms with Crippen LogP contribution < -0.4 is 15.4 Å². The number of benzene rings is 3. The second-order valence-electron chi connectivity index (χ2n) is 7.62. The molecule has 0 atom stereocenters. The summed E-state index contributed by atoms with van der Waals surface area (Å²) >= 11 is 7.03. The summed E-state index contributed by atoms with van der Waals surface area (Å²) in [6.45, 7) is 5.90. The van der Waals surface area contributed by atoms with E-state index >= 15 is 0 Å². The maximum absolute atomic E-state index is 12.6. The number of thiazole rings is 1. The molecule has 0 aliphatic carbocycles. The van der Waals surface area contributed by atoms with Crippen LogP contribution in [0.4, 0.5) is 5.69 Å². The first-order valence-corrected chi connectivity index (χ1v) is 11.5. The molecule has 0 aliphatic rings. The molecule has 1 amide bonds. The van der Waals surface area contributed by atoms with Gasteiger partial charge in [0.25, 0.3) is 5.91 Å². The van der Waals surface area contributed by atoms with E-state index in [4.69, 9.17) is 21.9 Å². The Hall–Kier alpha value is -3.29. The van der Waals surface area contributed by atoms with Gasteiger partial charge < -0.3 is 10.1 Å². The molecule has 1 heterocycles. The monoisotopic (exact) mass is 461 g/mol. The van der Waals surface area contributed by atoms with E-state index in [1.54, 1.807) is 35.6 Å². The van der Waals surface area contributed by atoms with Crippen LogP contribution in [0.3, 0.4) is 0 Å². The Bertz CT molecular complexity index is 1250. The van der Waals surface area contributed by atoms with Crippen LogP contribution in [-0.2, 0) is 0 Å². The van der Waals surface area contributed by atoms with Crippen molar-refractivity contribution < 1.29 is 9.53 Å². The fourth-order valence-electron chi connectivity index (χ4n) is 3.17. The summed E-state index contributed by atoms with van der Waals surface area (Å²) in [6.07, 6.45) is 0.0771. The largest absolute Gasteiger partial charge is 0.491 e. The number of ether oxygens (including phenoxy) is 1. The minimum absolute atomic E-state index is 0.0771. The number of carbonyl (C=O) groups excluding carboxylic acids is 1. The molecule has 0 bridgehead atoms. The van der Waals surface area contributed by atoms with Crippen molar-refractivity contribution >= 4 is 50.5 Å². The van der Waals surface area contributed by atoms with E-state index in [2.05, 4.69) is 16.7 Å². The van der Waals surface area contributed by atoms with Crippen molar-refractivity contribution in [1.29, 1.82) is 0 Å². The summed E-state index contributed by atoms with van der Waals surface area (Å²) in [6, 6.07) is 21.1. The van der Waals surface area contributed by atoms with Crippen molar-refractivity contribution in [2.24, 2.45) is 0 Å². The van der Waals surface area contributed by atoms with Gasteiger partial charge in [-0.3, -0.25) is 10.1 Å². The molecule has 0 saturated carbocycles. The van der Waals surface area contributed by atoms with Gasteiger partial charge in [0, 0.05) is 16.8 Å². The van der Waals surface area contributed by atoms with Crippen LogP contribution >= 0.6 is 23.6 Å². The van der Waals surface area contributed by atoms with Gasteiger partial charge in [0.15, 0.2) is 5.11 Å². The predicted octanol–water partition coefficient (Wildman–Crippen LogP) is 6.19. The fourth-order valence-corrected chi connectivity index (χ4v) is 4.34. The summed E-state index contributed by atoms with van der Waals surface area (Å²) < 4.78 is 6.76. The number of hydrogen-bond donors (Lipinski definition) is 2. The number of aromatic nitrogens is 1. The molecular weight excluding hydrogens is 438 g/mol. The van der Waals surface area contributed by atoms with Crippen LogP contribution in [0, 0.1) is 6.92 Å². The third-order valence-electron chi connectivity index (χ3n) is 4.74. The van der Waals surface area contributed by atoms with Crippen molar-refractivity contribution in [2.75, 3.05) is 5.32 Å². The van der Waals surface area contributed by atoms with E-state index in [0.29, 0.717) is 5.56 Å². The number of rotatable bonds is 5. The number of nitrogens with zero attached hydrogens (tertiary/aromatic N) is 1. The Morgan fingerprint density at radius 2 is 1.81 bits per heavy atom. The molecule has 4 aromatic rings. The van der Waals surface area contributed by atoms with E-state index in [9.17, 15) is 4.79 Å². The SMILES string of the molecule is Cc1ccc(-c2nc3ccccc3s2)cc1NC(=S)NC(=O)c1ccc(OC(C)C)cc1. The maximum atomic E-state index is 12.6. The first-order chi connectivity index (χ1) is 15.4. The molecule has 0 saturated heterocycles. The van der Waals surface area contributed by atoms with Gasteiger partial charge in [0.05, 0.1) is 16.3 Å². The van der Waals surface area contributed by atoms with Gasteiger partial charge in [-0.05, 0) is 81.0 Å². The summed E-state index contributed by atoms with van der Waals surface area (Å²) in [5.74, 6) is 0.443. The molecule has 0 unspecified atom stereocenters. The van der Waals surface area contributed by atoms with Crippen LogP contribution in [0.15, 0.2) is 66.7 Å². The van der Waals surface area contributed by atoms with Gasteiger partial charge in [-0.15, -0.1) is 11.3 Å². The number of thiocarbonyl (C=S) groups is 1. The number of nitrogens with one attached hydrogen (secondary N) is 2. The zero-order valence-corrected chi connectivity index (χ0v) is 19.6. The molecule has 0 spiro atoms. The van der Waals surface area contributed by atoms with E-state index in [-0.39, 0.29) is 17.1 Å². The number of hydrogen-bond acceptors (Lipinski definition) is 5. The number of carbonyl (C=O) groups is 1. The lowest BCUT2D eigenvalue weighted by molar-refractivity contribution is 0.0977. The highest BCUT2D eigenvalue weighted by Gasteiger charge is 2.12. The number of para-hydroxylation sites is 1. The number of amides is 1.